The van der Waals surface area contributed by atoms with Crippen molar-refractivity contribution in [3.8, 4) is 0 Å². The maximum Gasteiger partial charge on any atom is 0.123 e. The summed E-state index contributed by atoms with van der Waals surface area (Å²) in [5.74, 6) is 1.01. The van der Waals surface area contributed by atoms with Gasteiger partial charge >= 0.3 is 0 Å². The Morgan fingerprint density at radius 3 is 2.57 bits per heavy atom. The van der Waals surface area contributed by atoms with E-state index in [-0.39, 0.29) is 0 Å². The fourth-order valence-electron chi connectivity index (χ4n) is 2.43. The summed E-state index contributed by atoms with van der Waals surface area (Å²) in [6, 6.07) is 0. The highest BCUT2D eigenvalue weighted by Gasteiger charge is 2.22. The molecule has 0 aromatic rings. The first kappa shape index (κ1) is 11.5. The molecule has 1 saturated carbocycles. The van der Waals surface area contributed by atoms with Crippen molar-refractivity contribution in [1.29, 1.82) is 0 Å². The predicted molar refractivity (Wildman–Crippen MR) is 60.2 cm³/mol. The molecule has 0 aromatic heterocycles. The van der Waals surface area contributed by atoms with E-state index in [9.17, 15) is 4.79 Å². The molecule has 0 spiro atoms. The van der Waals surface area contributed by atoms with Gasteiger partial charge in [-0.05, 0) is 38.5 Å². The third-order valence-electron chi connectivity index (χ3n) is 3.33. The Balaban J connectivity index is 2.31. The lowest BCUT2D eigenvalue weighted by atomic mass is 9.79. The first-order valence-corrected chi connectivity index (χ1v) is 5.95. The van der Waals surface area contributed by atoms with Crippen LogP contribution in [0, 0.1) is 11.8 Å². The summed E-state index contributed by atoms with van der Waals surface area (Å²) >= 11 is 0. The van der Waals surface area contributed by atoms with E-state index in [1.807, 2.05) is 6.92 Å². The van der Waals surface area contributed by atoms with Crippen LogP contribution < -0.4 is 0 Å². The minimum Gasteiger partial charge on any atom is -0.303 e. The van der Waals surface area contributed by atoms with Crippen LogP contribution in [0.2, 0.25) is 0 Å². The van der Waals surface area contributed by atoms with Gasteiger partial charge in [-0.15, -0.1) is 0 Å². The van der Waals surface area contributed by atoms with Gasteiger partial charge in [-0.3, -0.25) is 0 Å². The molecule has 1 aliphatic rings. The molecule has 1 rings (SSSR count). The van der Waals surface area contributed by atoms with Crippen LogP contribution in [0.4, 0.5) is 0 Å². The lowest BCUT2D eigenvalue weighted by Gasteiger charge is -2.26. The van der Waals surface area contributed by atoms with Crippen molar-refractivity contribution < 1.29 is 4.79 Å². The largest absolute Gasteiger partial charge is 0.303 e. The standard InChI is InChI=1S/C13H22O/c1-2-3-5-10-13(11-14)12-8-6-4-7-9-12/h2-3,11-13H,4-10H2,1H3/b3-2+. The topological polar surface area (TPSA) is 17.1 Å². The molecule has 1 fully saturated rings. The fourth-order valence-corrected chi connectivity index (χ4v) is 2.43. The number of carbonyl (C=O) groups excluding carboxylic acids is 1. The summed E-state index contributed by atoms with van der Waals surface area (Å²) in [5, 5.41) is 0. The van der Waals surface area contributed by atoms with Gasteiger partial charge in [0.05, 0.1) is 0 Å². The molecule has 1 atom stereocenters. The van der Waals surface area contributed by atoms with Crippen LogP contribution in [0.25, 0.3) is 0 Å². The fraction of sp³-hybridized carbons (Fsp3) is 0.769. The van der Waals surface area contributed by atoms with Crippen LogP contribution in [-0.4, -0.2) is 6.29 Å². The van der Waals surface area contributed by atoms with Crippen LogP contribution in [0.15, 0.2) is 12.2 Å². The minimum atomic E-state index is 0.325. The zero-order valence-electron chi connectivity index (χ0n) is 9.24. The molecule has 0 N–H and O–H groups in total. The molecule has 0 heterocycles. The van der Waals surface area contributed by atoms with Crippen molar-refractivity contribution in [2.75, 3.05) is 0 Å². The van der Waals surface area contributed by atoms with Crippen molar-refractivity contribution in [1.82, 2.24) is 0 Å². The number of aldehydes is 1. The highest BCUT2D eigenvalue weighted by molar-refractivity contribution is 5.54. The predicted octanol–water partition coefficient (Wildman–Crippen LogP) is 3.74. The summed E-state index contributed by atoms with van der Waals surface area (Å²) in [4.78, 5) is 11.0. The van der Waals surface area contributed by atoms with Gasteiger partial charge in [-0.2, -0.15) is 0 Å². The van der Waals surface area contributed by atoms with Crippen molar-refractivity contribution in [2.24, 2.45) is 11.8 Å². The summed E-state index contributed by atoms with van der Waals surface area (Å²) in [6.07, 6.45) is 14.1. The Labute approximate surface area is 87.6 Å². The summed E-state index contributed by atoms with van der Waals surface area (Å²) in [7, 11) is 0. The molecule has 1 unspecified atom stereocenters. The molecular formula is C13H22O. The number of hydrogen-bond acceptors (Lipinski definition) is 1. The second kappa shape index (κ2) is 6.80. The highest BCUT2D eigenvalue weighted by Crippen LogP contribution is 2.31. The van der Waals surface area contributed by atoms with Gasteiger partial charge in [-0.25, -0.2) is 0 Å². The van der Waals surface area contributed by atoms with Gasteiger partial charge < -0.3 is 4.79 Å². The van der Waals surface area contributed by atoms with Crippen molar-refractivity contribution >= 4 is 6.29 Å². The molecule has 1 heteroatoms. The quantitative estimate of drug-likeness (QED) is 0.481. The van der Waals surface area contributed by atoms with Crippen LogP contribution in [0.1, 0.15) is 51.9 Å². The first-order valence-electron chi connectivity index (χ1n) is 5.95. The van der Waals surface area contributed by atoms with Gasteiger partial charge in [0.25, 0.3) is 0 Å². The van der Waals surface area contributed by atoms with E-state index in [4.69, 9.17) is 0 Å². The average Bonchev–Trinajstić information content (AvgIpc) is 2.26. The maximum atomic E-state index is 11.0. The highest BCUT2D eigenvalue weighted by atomic mass is 16.1. The van der Waals surface area contributed by atoms with Crippen LogP contribution in [0.5, 0.6) is 0 Å². The van der Waals surface area contributed by atoms with Gasteiger partial charge in [0.15, 0.2) is 0 Å². The number of rotatable bonds is 5. The van der Waals surface area contributed by atoms with Crippen molar-refractivity contribution in [3.05, 3.63) is 12.2 Å². The average molecular weight is 194 g/mol. The van der Waals surface area contributed by atoms with E-state index in [1.165, 1.54) is 38.4 Å². The first-order chi connectivity index (χ1) is 6.88. The lowest BCUT2D eigenvalue weighted by molar-refractivity contribution is -0.113. The second-order valence-electron chi connectivity index (χ2n) is 4.34. The Hall–Kier alpha value is -0.590. The van der Waals surface area contributed by atoms with Crippen LogP contribution >= 0.6 is 0 Å². The molecule has 14 heavy (non-hydrogen) atoms. The van der Waals surface area contributed by atoms with E-state index < -0.39 is 0 Å². The van der Waals surface area contributed by atoms with E-state index in [1.54, 1.807) is 0 Å². The third-order valence-corrected chi connectivity index (χ3v) is 3.33. The molecule has 1 aliphatic carbocycles. The van der Waals surface area contributed by atoms with Crippen molar-refractivity contribution in [3.63, 3.8) is 0 Å². The second-order valence-corrected chi connectivity index (χ2v) is 4.34. The molecule has 0 aliphatic heterocycles. The van der Waals surface area contributed by atoms with Gasteiger partial charge in [0, 0.05) is 5.92 Å². The van der Waals surface area contributed by atoms with E-state index in [0.29, 0.717) is 11.8 Å². The number of allylic oxidation sites excluding steroid dienone is 2. The Bertz CT molecular complexity index is 178. The van der Waals surface area contributed by atoms with Crippen LogP contribution in [0.3, 0.4) is 0 Å². The molecule has 0 bridgehead atoms. The number of carbonyl (C=O) groups is 1. The van der Waals surface area contributed by atoms with Crippen molar-refractivity contribution in [2.45, 2.75) is 51.9 Å². The normalized spacial score (nSPS) is 21.2. The monoisotopic (exact) mass is 194 g/mol. The zero-order chi connectivity index (χ0) is 10.2. The van der Waals surface area contributed by atoms with Gasteiger partial charge in [0.1, 0.15) is 6.29 Å². The molecule has 0 aromatic carbocycles. The Morgan fingerprint density at radius 1 is 1.29 bits per heavy atom. The summed E-state index contributed by atoms with van der Waals surface area (Å²) in [5.41, 5.74) is 0. The van der Waals surface area contributed by atoms with E-state index in [2.05, 4.69) is 12.2 Å². The lowest BCUT2D eigenvalue weighted by Crippen LogP contribution is -2.18. The maximum absolute atomic E-state index is 11.0. The van der Waals surface area contributed by atoms with Gasteiger partial charge in [0.2, 0.25) is 0 Å². The van der Waals surface area contributed by atoms with Gasteiger partial charge in [-0.1, -0.05) is 31.4 Å². The Morgan fingerprint density at radius 2 is 2.00 bits per heavy atom. The van der Waals surface area contributed by atoms with E-state index in [0.717, 1.165) is 12.8 Å². The molecular weight excluding hydrogens is 172 g/mol. The molecule has 0 saturated heterocycles. The molecule has 0 radical (unpaired) electrons. The SMILES string of the molecule is C/C=C/CCC(C=O)C1CCCCC1. The minimum absolute atomic E-state index is 0.325. The Kier molecular flexibility index (Phi) is 5.58. The molecule has 1 nitrogen and oxygen atoms in total. The van der Waals surface area contributed by atoms with E-state index >= 15 is 0 Å². The van der Waals surface area contributed by atoms with Crippen LogP contribution in [-0.2, 0) is 4.79 Å². The third kappa shape index (κ3) is 3.65. The zero-order valence-corrected chi connectivity index (χ0v) is 9.24. The molecule has 80 valence electrons. The number of hydrogen-bond donors (Lipinski definition) is 0. The summed E-state index contributed by atoms with van der Waals surface area (Å²) in [6.45, 7) is 2.04. The molecule has 0 amide bonds. The summed E-state index contributed by atoms with van der Waals surface area (Å²) < 4.78 is 0. The smallest absolute Gasteiger partial charge is 0.123 e.